The number of nitrogens with zero attached hydrogens (tertiary/aromatic N) is 3. The summed E-state index contributed by atoms with van der Waals surface area (Å²) in [4.78, 5) is 11.4. The molecule has 4 nitrogen and oxygen atoms in total. The van der Waals surface area contributed by atoms with E-state index < -0.39 is 0 Å². The van der Waals surface area contributed by atoms with Crippen LogP contribution in [0.1, 0.15) is 45.0 Å². The van der Waals surface area contributed by atoms with Crippen molar-refractivity contribution in [2.75, 3.05) is 11.4 Å². The maximum Gasteiger partial charge on any atom is 0.137 e. The van der Waals surface area contributed by atoms with Crippen molar-refractivity contribution in [3.05, 3.63) is 17.6 Å². The Morgan fingerprint density at radius 3 is 2.89 bits per heavy atom. The minimum Gasteiger partial charge on any atom is -0.354 e. The number of aryl methyl sites for hydroxylation is 1. The Labute approximate surface area is 110 Å². The molecule has 1 aromatic rings. The normalized spacial score (nSPS) is 19.8. The molecule has 1 aliphatic rings. The molecule has 1 aromatic heterocycles. The number of anilines is 1. The number of hydrogen-bond donors (Lipinski definition) is 1. The molecule has 1 unspecified atom stereocenters. The highest BCUT2D eigenvalue weighted by atomic mass is 15.2. The Balaban J connectivity index is 2.22. The van der Waals surface area contributed by atoms with Gasteiger partial charge in [-0.25, -0.2) is 9.97 Å². The first-order chi connectivity index (χ1) is 8.58. The summed E-state index contributed by atoms with van der Waals surface area (Å²) in [6.07, 6.45) is 4.50. The second kappa shape index (κ2) is 5.65. The second-order valence-corrected chi connectivity index (χ2v) is 5.49. The standard InChI is InChI=1S/C14H24N4/c1-10(2)15-8-13-9-16-12(4)17-14(13)18-7-5-6-11(18)3/h9-11,15H,5-8H2,1-4H3. The molecule has 1 fully saturated rings. The SMILES string of the molecule is Cc1ncc(CNC(C)C)c(N2CCCC2C)n1. The van der Waals surface area contributed by atoms with Gasteiger partial charge in [-0.15, -0.1) is 0 Å². The van der Waals surface area contributed by atoms with E-state index in [1.54, 1.807) is 0 Å². The third kappa shape index (κ3) is 2.99. The summed E-state index contributed by atoms with van der Waals surface area (Å²) < 4.78 is 0. The van der Waals surface area contributed by atoms with Gasteiger partial charge >= 0.3 is 0 Å². The average Bonchev–Trinajstić information content (AvgIpc) is 2.73. The lowest BCUT2D eigenvalue weighted by atomic mass is 10.2. The van der Waals surface area contributed by atoms with Gasteiger partial charge in [0.25, 0.3) is 0 Å². The molecule has 1 aliphatic heterocycles. The van der Waals surface area contributed by atoms with Gasteiger partial charge in [0, 0.05) is 36.9 Å². The Morgan fingerprint density at radius 1 is 1.50 bits per heavy atom. The van der Waals surface area contributed by atoms with Gasteiger partial charge in [-0.2, -0.15) is 0 Å². The van der Waals surface area contributed by atoms with Crippen molar-refractivity contribution in [1.82, 2.24) is 15.3 Å². The summed E-state index contributed by atoms with van der Waals surface area (Å²) in [6, 6.07) is 1.08. The molecule has 0 saturated carbocycles. The Kier molecular flexibility index (Phi) is 4.17. The lowest BCUT2D eigenvalue weighted by Gasteiger charge is -2.25. The molecule has 18 heavy (non-hydrogen) atoms. The molecule has 2 heterocycles. The highest BCUT2D eigenvalue weighted by molar-refractivity contribution is 5.48. The average molecular weight is 248 g/mol. The molecule has 0 aliphatic carbocycles. The number of hydrogen-bond acceptors (Lipinski definition) is 4. The smallest absolute Gasteiger partial charge is 0.137 e. The van der Waals surface area contributed by atoms with Crippen molar-refractivity contribution in [3.63, 3.8) is 0 Å². The molecule has 0 radical (unpaired) electrons. The van der Waals surface area contributed by atoms with E-state index in [0.29, 0.717) is 12.1 Å². The van der Waals surface area contributed by atoms with E-state index in [1.165, 1.54) is 18.4 Å². The summed E-state index contributed by atoms with van der Waals surface area (Å²) in [6.45, 7) is 10.5. The summed E-state index contributed by atoms with van der Waals surface area (Å²) >= 11 is 0. The van der Waals surface area contributed by atoms with Gasteiger partial charge in [0.1, 0.15) is 11.6 Å². The number of nitrogens with one attached hydrogen (secondary N) is 1. The second-order valence-electron chi connectivity index (χ2n) is 5.49. The van der Waals surface area contributed by atoms with Crippen LogP contribution in [0.15, 0.2) is 6.20 Å². The van der Waals surface area contributed by atoms with Gasteiger partial charge in [0.05, 0.1) is 0 Å². The van der Waals surface area contributed by atoms with E-state index in [4.69, 9.17) is 0 Å². The van der Waals surface area contributed by atoms with Gasteiger partial charge in [-0.3, -0.25) is 0 Å². The van der Waals surface area contributed by atoms with Gasteiger partial charge in [-0.1, -0.05) is 13.8 Å². The quantitative estimate of drug-likeness (QED) is 0.887. The van der Waals surface area contributed by atoms with Gasteiger partial charge < -0.3 is 10.2 Å². The summed E-state index contributed by atoms with van der Waals surface area (Å²) in [7, 11) is 0. The van der Waals surface area contributed by atoms with Gasteiger partial charge in [0.2, 0.25) is 0 Å². The maximum absolute atomic E-state index is 4.66. The Morgan fingerprint density at radius 2 is 2.28 bits per heavy atom. The first kappa shape index (κ1) is 13.3. The van der Waals surface area contributed by atoms with E-state index in [2.05, 4.69) is 41.0 Å². The molecule has 0 spiro atoms. The predicted octanol–water partition coefficient (Wildman–Crippen LogP) is 2.27. The minimum atomic E-state index is 0.482. The fourth-order valence-corrected chi connectivity index (χ4v) is 2.42. The van der Waals surface area contributed by atoms with Crippen molar-refractivity contribution in [1.29, 1.82) is 0 Å². The zero-order chi connectivity index (χ0) is 13.1. The van der Waals surface area contributed by atoms with Crippen LogP contribution in [0.25, 0.3) is 0 Å². The first-order valence-electron chi connectivity index (χ1n) is 6.90. The molecule has 2 rings (SSSR count). The number of aromatic nitrogens is 2. The lowest BCUT2D eigenvalue weighted by Crippen LogP contribution is -2.30. The molecular formula is C14H24N4. The first-order valence-corrected chi connectivity index (χ1v) is 6.90. The zero-order valence-corrected chi connectivity index (χ0v) is 11.9. The van der Waals surface area contributed by atoms with Crippen molar-refractivity contribution in [2.45, 2.75) is 59.2 Å². The highest BCUT2D eigenvalue weighted by Crippen LogP contribution is 2.26. The molecule has 1 atom stereocenters. The zero-order valence-electron chi connectivity index (χ0n) is 11.9. The van der Waals surface area contributed by atoms with E-state index in [1.807, 2.05) is 13.1 Å². The topological polar surface area (TPSA) is 41.1 Å². The predicted molar refractivity (Wildman–Crippen MR) is 74.8 cm³/mol. The molecule has 0 bridgehead atoms. The molecule has 100 valence electrons. The van der Waals surface area contributed by atoms with E-state index in [0.717, 1.165) is 24.7 Å². The highest BCUT2D eigenvalue weighted by Gasteiger charge is 2.24. The monoisotopic (exact) mass is 248 g/mol. The maximum atomic E-state index is 4.66. The van der Waals surface area contributed by atoms with Crippen LogP contribution in [0.3, 0.4) is 0 Å². The summed E-state index contributed by atoms with van der Waals surface area (Å²) in [5.74, 6) is 1.98. The largest absolute Gasteiger partial charge is 0.354 e. The van der Waals surface area contributed by atoms with Gasteiger partial charge in [0.15, 0.2) is 0 Å². The van der Waals surface area contributed by atoms with Crippen molar-refractivity contribution < 1.29 is 0 Å². The summed E-state index contributed by atoms with van der Waals surface area (Å²) in [5.41, 5.74) is 1.21. The van der Waals surface area contributed by atoms with Crippen LogP contribution in [-0.2, 0) is 6.54 Å². The van der Waals surface area contributed by atoms with E-state index in [-0.39, 0.29) is 0 Å². The Hall–Kier alpha value is -1.16. The van der Waals surface area contributed by atoms with Crippen LogP contribution in [-0.4, -0.2) is 28.6 Å². The van der Waals surface area contributed by atoms with Crippen LogP contribution < -0.4 is 10.2 Å². The third-order valence-corrected chi connectivity index (χ3v) is 3.49. The fourth-order valence-electron chi connectivity index (χ4n) is 2.42. The van der Waals surface area contributed by atoms with Crippen LogP contribution >= 0.6 is 0 Å². The minimum absolute atomic E-state index is 0.482. The third-order valence-electron chi connectivity index (χ3n) is 3.49. The van der Waals surface area contributed by atoms with Crippen molar-refractivity contribution in [2.24, 2.45) is 0 Å². The van der Waals surface area contributed by atoms with E-state index >= 15 is 0 Å². The lowest BCUT2D eigenvalue weighted by molar-refractivity contribution is 0.584. The molecular weight excluding hydrogens is 224 g/mol. The van der Waals surface area contributed by atoms with Crippen LogP contribution in [0, 0.1) is 6.92 Å². The number of rotatable bonds is 4. The van der Waals surface area contributed by atoms with Crippen LogP contribution in [0.5, 0.6) is 0 Å². The Bertz CT molecular complexity index is 403. The molecule has 4 heteroatoms. The van der Waals surface area contributed by atoms with E-state index in [9.17, 15) is 0 Å². The molecule has 0 aromatic carbocycles. The van der Waals surface area contributed by atoms with Crippen LogP contribution in [0.4, 0.5) is 5.82 Å². The molecule has 1 saturated heterocycles. The van der Waals surface area contributed by atoms with Crippen molar-refractivity contribution in [3.8, 4) is 0 Å². The molecule has 1 N–H and O–H groups in total. The summed E-state index contributed by atoms with van der Waals surface area (Å²) in [5, 5.41) is 3.45. The van der Waals surface area contributed by atoms with Gasteiger partial charge in [-0.05, 0) is 26.7 Å². The molecule has 0 amide bonds. The fraction of sp³-hybridized carbons (Fsp3) is 0.714. The van der Waals surface area contributed by atoms with Crippen molar-refractivity contribution >= 4 is 5.82 Å². The van der Waals surface area contributed by atoms with Crippen LogP contribution in [0.2, 0.25) is 0 Å².